The Hall–Kier alpha value is -1.61. The standard InChI is InChI=1S/C13H12O2S/c1-9-6-7-16-12(9)8-10-2-4-11(5-3-10)13(14)15/h2-7H,8H2,1H3,(H,14,15). The molecule has 0 unspecified atom stereocenters. The van der Waals surface area contributed by atoms with Gasteiger partial charge in [0.25, 0.3) is 0 Å². The number of rotatable bonds is 3. The average molecular weight is 232 g/mol. The quantitative estimate of drug-likeness (QED) is 0.881. The van der Waals surface area contributed by atoms with Crippen LogP contribution in [0, 0.1) is 6.92 Å². The molecule has 0 saturated carbocycles. The normalized spacial score (nSPS) is 10.3. The van der Waals surface area contributed by atoms with Gasteiger partial charge in [0.15, 0.2) is 0 Å². The summed E-state index contributed by atoms with van der Waals surface area (Å²) in [6, 6.07) is 9.16. The van der Waals surface area contributed by atoms with Gasteiger partial charge in [-0.2, -0.15) is 0 Å². The van der Waals surface area contributed by atoms with Crippen molar-refractivity contribution in [2.75, 3.05) is 0 Å². The largest absolute Gasteiger partial charge is 0.478 e. The molecule has 0 fully saturated rings. The molecule has 0 saturated heterocycles. The number of benzene rings is 1. The topological polar surface area (TPSA) is 37.3 Å². The lowest BCUT2D eigenvalue weighted by Gasteiger charge is -2.01. The fourth-order valence-electron chi connectivity index (χ4n) is 1.54. The third-order valence-corrected chi connectivity index (χ3v) is 3.56. The van der Waals surface area contributed by atoms with Crippen LogP contribution in [0.25, 0.3) is 0 Å². The van der Waals surface area contributed by atoms with Gasteiger partial charge in [-0.1, -0.05) is 12.1 Å². The van der Waals surface area contributed by atoms with E-state index in [0.29, 0.717) is 5.56 Å². The highest BCUT2D eigenvalue weighted by Crippen LogP contribution is 2.19. The van der Waals surface area contributed by atoms with Crippen molar-refractivity contribution in [3.63, 3.8) is 0 Å². The van der Waals surface area contributed by atoms with Crippen molar-refractivity contribution in [1.29, 1.82) is 0 Å². The van der Waals surface area contributed by atoms with E-state index in [1.807, 2.05) is 12.1 Å². The minimum absolute atomic E-state index is 0.339. The summed E-state index contributed by atoms with van der Waals surface area (Å²) < 4.78 is 0. The summed E-state index contributed by atoms with van der Waals surface area (Å²) >= 11 is 1.74. The molecule has 0 spiro atoms. The molecule has 0 atom stereocenters. The summed E-state index contributed by atoms with van der Waals surface area (Å²) in [6.07, 6.45) is 0.878. The first kappa shape index (κ1) is 10.9. The Balaban J connectivity index is 2.17. The summed E-state index contributed by atoms with van der Waals surface area (Å²) in [5, 5.41) is 10.9. The van der Waals surface area contributed by atoms with Crippen LogP contribution in [0.4, 0.5) is 0 Å². The van der Waals surface area contributed by atoms with E-state index in [-0.39, 0.29) is 0 Å². The molecule has 3 heteroatoms. The van der Waals surface area contributed by atoms with Crippen molar-refractivity contribution in [3.8, 4) is 0 Å². The zero-order valence-corrected chi connectivity index (χ0v) is 9.75. The highest BCUT2D eigenvalue weighted by Gasteiger charge is 2.04. The third kappa shape index (κ3) is 2.31. The first-order chi connectivity index (χ1) is 7.66. The number of carboxylic acids is 1. The second-order valence-electron chi connectivity index (χ2n) is 3.71. The van der Waals surface area contributed by atoms with Crippen LogP contribution in [0.2, 0.25) is 0 Å². The van der Waals surface area contributed by atoms with Crippen LogP contribution in [-0.4, -0.2) is 11.1 Å². The summed E-state index contributed by atoms with van der Waals surface area (Å²) in [5.41, 5.74) is 2.79. The summed E-state index contributed by atoms with van der Waals surface area (Å²) in [4.78, 5) is 12.0. The number of hydrogen-bond donors (Lipinski definition) is 1. The highest BCUT2D eigenvalue weighted by molar-refractivity contribution is 7.10. The highest BCUT2D eigenvalue weighted by atomic mass is 32.1. The van der Waals surface area contributed by atoms with Crippen LogP contribution in [0.5, 0.6) is 0 Å². The van der Waals surface area contributed by atoms with Gasteiger partial charge in [0.1, 0.15) is 0 Å². The number of aromatic carboxylic acids is 1. The molecule has 0 aliphatic heterocycles. The second kappa shape index (κ2) is 4.49. The molecule has 0 aliphatic carbocycles. The van der Waals surface area contributed by atoms with Crippen molar-refractivity contribution in [3.05, 3.63) is 57.3 Å². The zero-order chi connectivity index (χ0) is 11.5. The molecule has 1 heterocycles. The lowest BCUT2D eigenvalue weighted by atomic mass is 10.1. The van der Waals surface area contributed by atoms with Crippen molar-refractivity contribution < 1.29 is 9.90 Å². The number of hydrogen-bond acceptors (Lipinski definition) is 2. The Morgan fingerprint density at radius 1 is 1.25 bits per heavy atom. The maximum atomic E-state index is 10.7. The minimum Gasteiger partial charge on any atom is -0.478 e. The second-order valence-corrected chi connectivity index (χ2v) is 4.71. The first-order valence-corrected chi connectivity index (χ1v) is 5.90. The molecule has 0 aliphatic rings. The maximum absolute atomic E-state index is 10.7. The zero-order valence-electron chi connectivity index (χ0n) is 8.93. The van der Waals surface area contributed by atoms with Gasteiger partial charge in [-0.15, -0.1) is 11.3 Å². The lowest BCUT2D eigenvalue weighted by Crippen LogP contribution is -1.96. The molecule has 0 amide bonds. The van der Waals surface area contributed by atoms with Crippen LogP contribution in [-0.2, 0) is 6.42 Å². The fraction of sp³-hybridized carbons (Fsp3) is 0.154. The molecular formula is C13H12O2S. The van der Waals surface area contributed by atoms with Gasteiger partial charge >= 0.3 is 5.97 Å². The van der Waals surface area contributed by atoms with Crippen molar-refractivity contribution in [2.24, 2.45) is 0 Å². The van der Waals surface area contributed by atoms with Crippen molar-refractivity contribution in [1.82, 2.24) is 0 Å². The molecule has 0 bridgehead atoms. The monoisotopic (exact) mass is 232 g/mol. The van der Waals surface area contributed by atoms with Gasteiger partial charge < -0.3 is 5.11 Å². The number of aryl methyl sites for hydroxylation is 1. The molecule has 2 aromatic rings. The molecule has 1 aromatic carbocycles. The van der Waals surface area contributed by atoms with E-state index in [1.54, 1.807) is 23.5 Å². The van der Waals surface area contributed by atoms with E-state index < -0.39 is 5.97 Å². The van der Waals surface area contributed by atoms with Gasteiger partial charge in [0, 0.05) is 11.3 Å². The van der Waals surface area contributed by atoms with E-state index in [2.05, 4.69) is 18.4 Å². The summed E-state index contributed by atoms with van der Waals surface area (Å²) in [6.45, 7) is 2.09. The Kier molecular flexibility index (Phi) is 3.06. The van der Waals surface area contributed by atoms with Gasteiger partial charge in [-0.25, -0.2) is 4.79 Å². The molecule has 2 nitrogen and oxygen atoms in total. The molecule has 1 N–H and O–H groups in total. The molecule has 1 aromatic heterocycles. The average Bonchev–Trinajstić information content (AvgIpc) is 2.65. The van der Waals surface area contributed by atoms with Crippen LogP contribution in [0.3, 0.4) is 0 Å². The van der Waals surface area contributed by atoms with Crippen LogP contribution in [0.15, 0.2) is 35.7 Å². The first-order valence-electron chi connectivity index (χ1n) is 5.02. The van der Waals surface area contributed by atoms with Crippen LogP contribution in [0.1, 0.15) is 26.4 Å². The van der Waals surface area contributed by atoms with Gasteiger partial charge in [-0.3, -0.25) is 0 Å². The molecule has 82 valence electrons. The number of carbonyl (C=O) groups is 1. The van der Waals surface area contributed by atoms with E-state index in [9.17, 15) is 4.79 Å². The van der Waals surface area contributed by atoms with Gasteiger partial charge in [-0.05, 0) is 41.6 Å². The van der Waals surface area contributed by atoms with E-state index in [4.69, 9.17) is 5.11 Å². The molecule has 2 rings (SSSR count). The Morgan fingerprint density at radius 3 is 2.44 bits per heavy atom. The van der Waals surface area contributed by atoms with Gasteiger partial charge in [0.2, 0.25) is 0 Å². The number of thiophene rings is 1. The van der Waals surface area contributed by atoms with Gasteiger partial charge in [0.05, 0.1) is 5.56 Å². The lowest BCUT2D eigenvalue weighted by molar-refractivity contribution is 0.0697. The Labute approximate surface area is 98.2 Å². The van der Waals surface area contributed by atoms with E-state index in [1.165, 1.54) is 10.4 Å². The molecular weight excluding hydrogens is 220 g/mol. The predicted molar refractivity (Wildman–Crippen MR) is 65.3 cm³/mol. The summed E-state index contributed by atoms with van der Waals surface area (Å²) in [7, 11) is 0. The SMILES string of the molecule is Cc1ccsc1Cc1ccc(C(=O)O)cc1. The Morgan fingerprint density at radius 2 is 1.94 bits per heavy atom. The van der Waals surface area contributed by atoms with Crippen molar-refractivity contribution >= 4 is 17.3 Å². The molecule has 16 heavy (non-hydrogen) atoms. The maximum Gasteiger partial charge on any atom is 0.335 e. The van der Waals surface area contributed by atoms with Crippen molar-refractivity contribution in [2.45, 2.75) is 13.3 Å². The van der Waals surface area contributed by atoms with E-state index in [0.717, 1.165) is 12.0 Å². The van der Waals surface area contributed by atoms with Crippen LogP contribution >= 0.6 is 11.3 Å². The summed E-state index contributed by atoms with van der Waals surface area (Å²) in [5.74, 6) is -0.876. The Bertz CT molecular complexity index is 497. The smallest absolute Gasteiger partial charge is 0.335 e. The minimum atomic E-state index is -0.876. The third-order valence-electron chi connectivity index (χ3n) is 2.53. The predicted octanol–water partition coefficient (Wildman–Crippen LogP) is 3.35. The molecule has 0 radical (unpaired) electrons. The van der Waals surface area contributed by atoms with E-state index >= 15 is 0 Å². The van der Waals surface area contributed by atoms with Crippen LogP contribution < -0.4 is 0 Å². The number of carboxylic acid groups (broad SMARTS) is 1. The fourth-order valence-corrected chi connectivity index (χ4v) is 2.48.